The van der Waals surface area contributed by atoms with Crippen LogP contribution in [0.5, 0.6) is 5.75 Å². The Morgan fingerprint density at radius 2 is 1.83 bits per heavy atom. The maximum absolute atomic E-state index is 12.2. The lowest BCUT2D eigenvalue weighted by molar-refractivity contribution is 0.0471. The minimum Gasteiger partial charge on any atom is -0.496 e. The van der Waals surface area contributed by atoms with Crippen molar-refractivity contribution in [2.75, 3.05) is 19.5 Å². The molecule has 0 amide bonds. The van der Waals surface area contributed by atoms with E-state index in [1.807, 2.05) is 19.1 Å². The number of nitrogens with two attached hydrogens (primary N) is 1. The Kier molecular flexibility index (Phi) is 5.82. The van der Waals surface area contributed by atoms with E-state index in [4.69, 9.17) is 26.8 Å². The van der Waals surface area contributed by atoms with Crippen LogP contribution in [0, 0.1) is 0 Å². The van der Waals surface area contributed by atoms with E-state index in [1.54, 1.807) is 12.1 Å². The molecular formula is C18H18ClNO4. The molecule has 0 saturated heterocycles. The molecule has 0 bridgehead atoms. The van der Waals surface area contributed by atoms with Gasteiger partial charge in [0.25, 0.3) is 0 Å². The Bertz CT molecular complexity index is 756. The van der Waals surface area contributed by atoms with Gasteiger partial charge in [0.05, 0.1) is 17.8 Å². The Morgan fingerprint density at radius 3 is 2.42 bits per heavy atom. The van der Waals surface area contributed by atoms with Crippen molar-refractivity contribution in [2.24, 2.45) is 0 Å². The fourth-order valence-electron chi connectivity index (χ4n) is 2.12. The highest BCUT2D eigenvalue weighted by atomic mass is 35.5. The van der Waals surface area contributed by atoms with Crippen molar-refractivity contribution in [1.82, 2.24) is 0 Å². The van der Waals surface area contributed by atoms with Crippen LogP contribution < -0.4 is 10.5 Å². The smallest absolute Gasteiger partial charge is 0.342 e. The molecule has 0 saturated carbocycles. The van der Waals surface area contributed by atoms with E-state index in [0.29, 0.717) is 5.56 Å². The molecule has 0 heterocycles. The minimum atomic E-state index is -0.702. The third kappa shape index (κ3) is 4.06. The zero-order chi connectivity index (χ0) is 17.7. The molecule has 24 heavy (non-hydrogen) atoms. The summed E-state index contributed by atoms with van der Waals surface area (Å²) in [6.07, 6.45) is 0.890. The van der Waals surface area contributed by atoms with Crippen molar-refractivity contribution in [3.63, 3.8) is 0 Å². The van der Waals surface area contributed by atoms with Gasteiger partial charge in [-0.3, -0.25) is 4.79 Å². The van der Waals surface area contributed by atoms with E-state index in [1.165, 1.54) is 19.2 Å². The third-order valence-corrected chi connectivity index (χ3v) is 3.88. The monoisotopic (exact) mass is 347 g/mol. The summed E-state index contributed by atoms with van der Waals surface area (Å²) in [7, 11) is 1.40. The summed E-state index contributed by atoms with van der Waals surface area (Å²) in [4.78, 5) is 24.3. The summed E-state index contributed by atoms with van der Waals surface area (Å²) in [5.41, 5.74) is 7.69. The Labute approximate surface area is 145 Å². The van der Waals surface area contributed by atoms with Gasteiger partial charge in [0.2, 0.25) is 0 Å². The van der Waals surface area contributed by atoms with Gasteiger partial charge in [0.1, 0.15) is 11.3 Å². The number of hydrogen-bond donors (Lipinski definition) is 1. The average molecular weight is 348 g/mol. The highest BCUT2D eigenvalue weighted by Crippen LogP contribution is 2.29. The number of esters is 1. The zero-order valence-electron chi connectivity index (χ0n) is 13.5. The molecule has 2 aromatic rings. The maximum Gasteiger partial charge on any atom is 0.342 e. The summed E-state index contributed by atoms with van der Waals surface area (Å²) >= 11 is 5.92. The van der Waals surface area contributed by atoms with Crippen LogP contribution in [0.15, 0.2) is 36.4 Å². The predicted octanol–water partition coefficient (Wildman–Crippen LogP) is 3.53. The molecule has 0 aromatic heterocycles. The van der Waals surface area contributed by atoms with E-state index in [-0.39, 0.29) is 34.4 Å². The lowest BCUT2D eigenvalue weighted by Gasteiger charge is -2.10. The van der Waals surface area contributed by atoms with E-state index in [0.717, 1.165) is 12.0 Å². The molecule has 0 atom stereocenters. The summed E-state index contributed by atoms with van der Waals surface area (Å²) < 4.78 is 10.2. The molecule has 126 valence electrons. The molecular weight excluding hydrogens is 330 g/mol. The summed E-state index contributed by atoms with van der Waals surface area (Å²) in [6.45, 7) is 1.67. The first kappa shape index (κ1) is 17.8. The number of ketones is 1. The maximum atomic E-state index is 12.2. The first-order valence-electron chi connectivity index (χ1n) is 7.38. The normalized spacial score (nSPS) is 10.3. The van der Waals surface area contributed by atoms with Gasteiger partial charge in [-0.05, 0) is 18.1 Å². The van der Waals surface area contributed by atoms with Gasteiger partial charge in [-0.2, -0.15) is 0 Å². The van der Waals surface area contributed by atoms with Crippen LogP contribution in [0.3, 0.4) is 0 Å². The van der Waals surface area contributed by atoms with Crippen molar-refractivity contribution >= 4 is 29.0 Å². The fourth-order valence-corrected chi connectivity index (χ4v) is 2.28. The number of anilines is 1. The van der Waals surface area contributed by atoms with Crippen LogP contribution in [-0.2, 0) is 11.2 Å². The van der Waals surface area contributed by atoms with Gasteiger partial charge in [-0.1, -0.05) is 42.8 Å². The minimum absolute atomic E-state index is 0.117. The first-order chi connectivity index (χ1) is 11.5. The van der Waals surface area contributed by atoms with Gasteiger partial charge in [-0.15, -0.1) is 0 Å². The van der Waals surface area contributed by atoms with Gasteiger partial charge in [0, 0.05) is 11.6 Å². The van der Waals surface area contributed by atoms with Gasteiger partial charge in [0.15, 0.2) is 12.4 Å². The number of ether oxygens (including phenoxy) is 2. The molecule has 0 spiro atoms. The number of halogens is 1. The summed E-state index contributed by atoms with van der Waals surface area (Å²) in [6, 6.07) is 9.98. The number of Topliss-reactive ketones (excluding diaryl/α,β-unsaturated/α-hetero) is 1. The molecule has 2 N–H and O–H groups in total. The molecule has 0 aliphatic rings. The quantitative estimate of drug-likeness (QED) is 0.491. The highest BCUT2D eigenvalue weighted by molar-refractivity contribution is 6.33. The molecule has 5 nitrogen and oxygen atoms in total. The van der Waals surface area contributed by atoms with Crippen molar-refractivity contribution in [3.8, 4) is 5.75 Å². The van der Waals surface area contributed by atoms with Crippen molar-refractivity contribution in [3.05, 3.63) is 58.1 Å². The van der Waals surface area contributed by atoms with E-state index < -0.39 is 5.97 Å². The average Bonchev–Trinajstić information content (AvgIpc) is 2.61. The molecule has 0 aliphatic carbocycles. The first-order valence-corrected chi connectivity index (χ1v) is 7.76. The molecule has 0 aliphatic heterocycles. The number of rotatable bonds is 6. The number of nitrogen functional groups attached to an aromatic ring is 1. The number of benzene rings is 2. The topological polar surface area (TPSA) is 78.6 Å². The summed E-state index contributed by atoms with van der Waals surface area (Å²) in [5, 5.41) is 0.212. The van der Waals surface area contributed by atoms with Crippen LogP contribution in [-0.4, -0.2) is 25.5 Å². The van der Waals surface area contributed by atoms with Crippen LogP contribution in [0.4, 0.5) is 5.69 Å². The number of methoxy groups -OCH3 is 1. The lowest BCUT2D eigenvalue weighted by Crippen LogP contribution is -2.15. The Morgan fingerprint density at radius 1 is 1.17 bits per heavy atom. The highest BCUT2D eigenvalue weighted by Gasteiger charge is 2.18. The zero-order valence-corrected chi connectivity index (χ0v) is 14.2. The van der Waals surface area contributed by atoms with E-state index >= 15 is 0 Å². The number of carbonyl (C=O) groups is 2. The molecule has 0 unspecified atom stereocenters. The van der Waals surface area contributed by atoms with Crippen LogP contribution in [0.1, 0.15) is 33.2 Å². The summed E-state index contributed by atoms with van der Waals surface area (Å²) in [5.74, 6) is -0.750. The van der Waals surface area contributed by atoms with Gasteiger partial charge in [-0.25, -0.2) is 4.79 Å². The van der Waals surface area contributed by atoms with E-state index in [9.17, 15) is 9.59 Å². The second-order valence-electron chi connectivity index (χ2n) is 5.12. The predicted molar refractivity (Wildman–Crippen MR) is 92.8 cm³/mol. The number of aryl methyl sites for hydroxylation is 1. The SMILES string of the molecule is CCc1ccc(C(=O)COC(=O)c2cc(Cl)c(N)cc2OC)cc1. The lowest BCUT2D eigenvalue weighted by atomic mass is 10.1. The number of hydrogen-bond acceptors (Lipinski definition) is 5. The van der Waals surface area contributed by atoms with Crippen molar-refractivity contribution < 1.29 is 19.1 Å². The number of carbonyl (C=O) groups excluding carboxylic acids is 2. The third-order valence-electron chi connectivity index (χ3n) is 3.56. The molecule has 2 rings (SSSR count). The largest absolute Gasteiger partial charge is 0.496 e. The van der Waals surface area contributed by atoms with Crippen LogP contribution in [0.2, 0.25) is 5.02 Å². The fraction of sp³-hybridized carbons (Fsp3) is 0.222. The van der Waals surface area contributed by atoms with Crippen LogP contribution >= 0.6 is 11.6 Å². The second kappa shape index (κ2) is 7.84. The Hall–Kier alpha value is -2.53. The molecule has 2 aromatic carbocycles. The van der Waals surface area contributed by atoms with Crippen molar-refractivity contribution in [1.29, 1.82) is 0 Å². The van der Waals surface area contributed by atoms with Gasteiger partial charge >= 0.3 is 5.97 Å². The Balaban J connectivity index is 2.07. The molecule has 0 radical (unpaired) electrons. The van der Waals surface area contributed by atoms with Crippen molar-refractivity contribution in [2.45, 2.75) is 13.3 Å². The van der Waals surface area contributed by atoms with Gasteiger partial charge < -0.3 is 15.2 Å². The second-order valence-corrected chi connectivity index (χ2v) is 5.53. The molecule has 0 fully saturated rings. The standard InChI is InChI=1S/C18H18ClNO4/c1-3-11-4-6-12(7-5-11)16(21)10-24-18(22)13-8-14(19)15(20)9-17(13)23-2/h4-9H,3,10,20H2,1-2H3. The molecule has 6 heteroatoms. The van der Waals surface area contributed by atoms with Crippen LogP contribution in [0.25, 0.3) is 0 Å². The van der Waals surface area contributed by atoms with E-state index in [2.05, 4.69) is 0 Å².